The largest absolute Gasteiger partial charge is 0.480 e. The SMILES string of the molecule is CC1(C(=O)O)CCCN1C(=O)NCCc1cccc(F)c1. The van der Waals surface area contributed by atoms with Crippen molar-refractivity contribution in [3.05, 3.63) is 35.6 Å². The molecule has 0 bridgehead atoms. The van der Waals surface area contributed by atoms with Crippen molar-refractivity contribution in [1.29, 1.82) is 0 Å². The summed E-state index contributed by atoms with van der Waals surface area (Å²) in [6, 6.07) is 5.81. The molecule has 2 amide bonds. The second-order valence-electron chi connectivity index (χ2n) is 5.45. The lowest BCUT2D eigenvalue weighted by Crippen LogP contribution is -2.54. The Balaban J connectivity index is 1.89. The molecule has 114 valence electrons. The van der Waals surface area contributed by atoms with E-state index in [-0.39, 0.29) is 11.8 Å². The number of halogens is 1. The van der Waals surface area contributed by atoms with Crippen LogP contribution in [0.25, 0.3) is 0 Å². The van der Waals surface area contributed by atoms with E-state index in [1.54, 1.807) is 19.1 Å². The number of carboxylic acid groups (broad SMARTS) is 1. The summed E-state index contributed by atoms with van der Waals surface area (Å²) in [6.45, 7) is 2.34. The third-order valence-corrected chi connectivity index (χ3v) is 3.93. The predicted molar refractivity (Wildman–Crippen MR) is 75.5 cm³/mol. The highest BCUT2D eigenvalue weighted by atomic mass is 19.1. The van der Waals surface area contributed by atoms with Gasteiger partial charge in [-0.3, -0.25) is 0 Å². The Hall–Kier alpha value is -2.11. The molecule has 1 aliphatic heterocycles. The fraction of sp³-hybridized carbons (Fsp3) is 0.467. The van der Waals surface area contributed by atoms with E-state index in [0.717, 1.165) is 5.56 Å². The second kappa shape index (κ2) is 6.11. The summed E-state index contributed by atoms with van der Waals surface area (Å²) in [4.78, 5) is 24.8. The molecular formula is C15H19FN2O3. The third-order valence-electron chi connectivity index (χ3n) is 3.93. The van der Waals surface area contributed by atoms with Crippen LogP contribution in [0.15, 0.2) is 24.3 Å². The number of carbonyl (C=O) groups excluding carboxylic acids is 1. The zero-order chi connectivity index (χ0) is 15.5. The first-order chi connectivity index (χ1) is 9.93. The second-order valence-corrected chi connectivity index (χ2v) is 5.45. The summed E-state index contributed by atoms with van der Waals surface area (Å²) in [7, 11) is 0. The highest BCUT2D eigenvalue weighted by Gasteiger charge is 2.45. The Kier molecular flexibility index (Phi) is 4.45. The van der Waals surface area contributed by atoms with Crippen LogP contribution in [0.1, 0.15) is 25.3 Å². The topological polar surface area (TPSA) is 69.6 Å². The van der Waals surface area contributed by atoms with Gasteiger partial charge in [0.25, 0.3) is 0 Å². The number of hydrogen-bond acceptors (Lipinski definition) is 2. The van der Waals surface area contributed by atoms with Crippen molar-refractivity contribution < 1.29 is 19.1 Å². The molecule has 1 aromatic rings. The zero-order valence-electron chi connectivity index (χ0n) is 11.9. The summed E-state index contributed by atoms with van der Waals surface area (Å²) in [6.07, 6.45) is 1.64. The fourth-order valence-corrected chi connectivity index (χ4v) is 2.61. The summed E-state index contributed by atoms with van der Waals surface area (Å²) in [5.41, 5.74) is -0.346. The van der Waals surface area contributed by atoms with Crippen LogP contribution in [-0.4, -0.2) is 40.6 Å². The van der Waals surface area contributed by atoms with Gasteiger partial charge in [0, 0.05) is 13.1 Å². The molecule has 1 unspecified atom stereocenters. The predicted octanol–water partition coefficient (Wildman–Crippen LogP) is 2.02. The average Bonchev–Trinajstić information content (AvgIpc) is 2.82. The van der Waals surface area contributed by atoms with Gasteiger partial charge < -0.3 is 15.3 Å². The maximum Gasteiger partial charge on any atom is 0.329 e. The number of hydrogen-bond donors (Lipinski definition) is 2. The van der Waals surface area contributed by atoms with E-state index in [9.17, 15) is 19.1 Å². The lowest BCUT2D eigenvalue weighted by Gasteiger charge is -2.31. The Morgan fingerprint density at radius 3 is 2.90 bits per heavy atom. The summed E-state index contributed by atoms with van der Waals surface area (Å²) in [5, 5.41) is 12.0. The van der Waals surface area contributed by atoms with Gasteiger partial charge in [0.1, 0.15) is 11.4 Å². The van der Waals surface area contributed by atoms with Gasteiger partial charge in [0.2, 0.25) is 0 Å². The molecule has 21 heavy (non-hydrogen) atoms. The van der Waals surface area contributed by atoms with Crippen LogP contribution in [0.5, 0.6) is 0 Å². The molecule has 1 atom stereocenters. The fourth-order valence-electron chi connectivity index (χ4n) is 2.61. The van der Waals surface area contributed by atoms with Crippen molar-refractivity contribution in [1.82, 2.24) is 10.2 Å². The number of nitrogens with one attached hydrogen (secondary N) is 1. The molecule has 1 aromatic carbocycles. The van der Waals surface area contributed by atoms with Crippen molar-refractivity contribution in [2.24, 2.45) is 0 Å². The molecule has 2 N–H and O–H groups in total. The molecule has 6 heteroatoms. The Labute approximate surface area is 122 Å². The normalized spacial score (nSPS) is 21.3. The van der Waals surface area contributed by atoms with Crippen LogP contribution in [0.3, 0.4) is 0 Å². The number of urea groups is 1. The average molecular weight is 294 g/mol. The molecule has 1 aliphatic rings. The minimum atomic E-state index is -1.14. The number of carbonyl (C=O) groups is 2. The number of carboxylic acids is 1. The smallest absolute Gasteiger partial charge is 0.329 e. The standard InChI is InChI=1S/C15H19FN2O3/c1-15(13(19)20)7-3-9-18(15)14(21)17-8-6-11-4-2-5-12(16)10-11/h2,4-5,10H,3,6-9H2,1H3,(H,17,21)(H,19,20). The number of nitrogens with zero attached hydrogens (tertiary/aromatic N) is 1. The van der Waals surface area contributed by atoms with E-state index in [4.69, 9.17) is 0 Å². The van der Waals surface area contributed by atoms with Gasteiger partial charge in [-0.15, -0.1) is 0 Å². The van der Waals surface area contributed by atoms with E-state index in [1.807, 2.05) is 0 Å². The molecule has 1 saturated heterocycles. The zero-order valence-corrected chi connectivity index (χ0v) is 11.9. The minimum absolute atomic E-state index is 0.308. The third kappa shape index (κ3) is 3.32. The minimum Gasteiger partial charge on any atom is -0.480 e. The molecule has 2 rings (SSSR count). The molecule has 0 radical (unpaired) electrons. The maximum atomic E-state index is 13.0. The molecule has 0 saturated carbocycles. The van der Waals surface area contributed by atoms with Crippen LogP contribution in [-0.2, 0) is 11.2 Å². The van der Waals surface area contributed by atoms with Crippen molar-refractivity contribution in [3.63, 3.8) is 0 Å². The Morgan fingerprint density at radius 1 is 1.48 bits per heavy atom. The number of benzene rings is 1. The quantitative estimate of drug-likeness (QED) is 0.892. The molecule has 5 nitrogen and oxygen atoms in total. The van der Waals surface area contributed by atoms with Crippen LogP contribution >= 0.6 is 0 Å². The van der Waals surface area contributed by atoms with E-state index < -0.39 is 11.5 Å². The van der Waals surface area contributed by atoms with Gasteiger partial charge in [0.05, 0.1) is 0 Å². The molecule has 1 fully saturated rings. The van der Waals surface area contributed by atoms with Crippen molar-refractivity contribution in [2.75, 3.05) is 13.1 Å². The molecule has 0 aromatic heterocycles. The van der Waals surface area contributed by atoms with E-state index in [0.29, 0.717) is 32.4 Å². The van der Waals surface area contributed by atoms with Crippen LogP contribution in [0, 0.1) is 5.82 Å². The van der Waals surface area contributed by atoms with E-state index >= 15 is 0 Å². The first-order valence-corrected chi connectivity index (χ1v) is 6.97. The van der Waals surface area contributed by atoms with Gasteiger partial charge >= 0.3 is 12.0 Å². The Morgan fingerprint density at radius 2 is 2.24 bits per heavy atom. The number of likely N-dealkylation sites (tertiary alicyclic amines) is 1. The molecular weight excluding hydrogens is 275 g/mol. The van der Waals surface area contributed by atoms with Crippen molar-refractivity contribution >= 4 is 12.0 Å². The lowest BCUT2D eigenvalue weighted by molar-refractivity contribution is -0.147. The van der Waals surface area contributed by atoms with Crippen molar-refractivity contribution in [3.8, 4) is 0 Å². The molecule has 1 heterocycles. The van der Waals surface area contributed by atoms with Gasteiger partial charge in [0.15, 0.2) is 0 Å². The van der Waals surface area contributed by atoms with Gasteiger partial charge in [-0.05, 0) is 43.9 Å². The number of amides is 2. The number of rotatable bonds is 4. The maximum absolute atomic E-state index is 13.0. The first kappa shape index (κ1) is 15.3. The van der Waals surface area contributed by atoms with Gasteiger partial charge in [-0.1, -0.05) is 12.1 Å². The van der Waals surface area contributed by atoms with E-state index in [1.165, 1.54) is 17.0 Å². The van der Waals surface area contributed by atoms with Crippen LogP contribution in [0.4, 0.5) is 9.18 Å². The van der Waals surface area contributed by atoms with Gasteiger partial charge in [-0.2, -0.15) is 0 Å². The first-order valence-electron chi connectivity index (χ1n) is 6.97. The van der Waals surface area contributed by atoms with E-state index in [2.05, 4.69) is 5.32 Å². The lowest BCUT2D eigenvalue weighted by atomic mass is 10.00. The number of aliphatic carboxylic acids is 1. The van der Waals surface area contributed by atoms with Crippen LogP contribution < -0.4 is 5.32 Å². The van der Waals surface area contributed by atoms with Gasteiger partial charge in [-0.25, -0.2) is 14.0 Å². The summed E-state index contributed by atoms with van der Waals surface area (Å²) >= 11 is 0. The highest BCUT2D eigenvalue weighted by molar-refractivity contribution is 5.86. The van der Waals surface area contributed by atoms with Crippen molar-refractivity contribution in [2.45, 2.75) is 31.7 Å². The molecule has 0 aliphatic carbocycles. The highest BCUT2D eigenvalue weighted by Crippen LogP contribution is 2.29. The Bertz CT molecular complexity index is 549. The summed E-state index contributed by atoms with van der Waals surface area (Å²) in [5.74, 6) is -1.29. The molecule has 0 spiro atoms. The monoisotopic (exact) mass is 294 g/mol. The summed E-state index contributed by atoms with van der Waals surface area (Å²) < 4.78 is 13.0. The van der Waals surface area contributed by atoms with Crippen LogP contribution in [0.2, 0.25) is 0 Å².